The molecule has 0 fully saturated rings. The third kappa shape index (κ3) is 2.72. The zero-order chi connectivity index (χ0) is 19.5. The molecule has 0 aliphatic carbocycles. The number of benzene rings is 2. The molecule has 2 aliphatic rings. The van der Waals surface area contributed by atoms with Gasteiger partial charge < -0.3 is 5.32 Å². The second-order valence-corrected chi connectivity index (χ2v) is 7.26. The largest absolute Gasteiger partial charge is 0.325 e. The minimum Gasteiger partial charge on any atom is -0.325 e. The predicted molar refractivity (Wildman–Crippen MR) is 99.6 cm³/mol. The average Bonchev–Trinajstić information content (AvgIpc) is 3.04. The lowest BCUT2D eigenvalue weighted by atomic mass is 9.99. The minimum absolute atomic E-state index is 0.125. The van der Waals surface area contributed by atoms with E-state index in [2.05, 4.69) is 5.32 Å². The zero-order valence-corrected chi connectivity index (χ0v) is 15.5. The van der Waals surface area contributed by atoms with E-state index in [0.29, 0.717) is 16.8 Å². The number of hydrogen-bond donors (Lipinski definition) is 1. The Morgan fingerprint density at radius 3 is 2.22 bits per heavy atom. The van der Waals surface area contributed by atoms with Gasteiger partial charge in [-0.3, -0.25) is 24.1 Å². The summed E-state index contributed by atoms with van der Waals surface area (Å²) in [6.07, 6.45) is 0. The van der Waals surface area contributed by atoms with Crippen molar-refractivity contribution in [2.24, 2.45) is 0 Å². The van der Waals surface area contributed by atoms with E-state index < -0.39 is 24.1 Å². The van der Waals surface area contributed by atoms with Gasteiger partial charge >= 0.3 is 0 Å². The molecule has 2 aliphatic heterocycles. The van der Waals surface area contributed by atoms with Gasteiger partial charge in [0.05, 0.1) is 33.6 Å². The second kappa shape index (κ2) is 6.18. The third-order valence-electron chi connectivity index (χ3n) is 4.80. The summed E-state index contributed by atoms with van der Waals surface area (Å²) >= 11 is 11.8. The number of nitrogens with zero attached hydrogens (tertiary/aromatic N) is 1. The molecule has 6 nitrogen and oxygen atoms in total. The van der Waals surface area contributed by atoms with Crippen LogP contribution < -0.4 is 5.32 Å². The summed E-state index contributed by atoms with van der Waals surface area (Å²) in [6.45, 7) is 1.34. The Hall–Kier alpha value is -2.70. The molecular weight excluding hydrogens is 391 g/mol. The molecule has 2 aromatic rings. The van der Waals surface area contributed by atoms with Gasteiger partial charge in [0.15, 0.2) is 5.78 Å². The molecule has 0 saturated heterocycles. The van der Waals surface area contributed by atoms with Crippen molar-refractivity contribution in [2.75, 3.05) is 11.9 Å². The summed E-state index contributed by atoms with van der Waals surface area (Å²) < 4.78 is 0. The summed E-state index contributed by atoms with van der Waals surface area (Å²) in [5.74, 6) is -2.09. The number of halogens is 2. The van der Waals surface area contributed by atoms with Crippen LogP contribution in [0.2, 0.25) is 10.0 Å². The lowest BCUT2D eigenvalue weighted by Gasteiger charge is -2.13. The van der Waals surface area contributed by atoms with Crippen LogP contribution in [0.5, 0.6) is 0 Å². The SMILES string of the molecule is C[C@H]1C(=O)Nc2ccc(C(=O)CN3C(=O)c4cc(Cl)c(Cl)cc4C3=O)cc21. The molecule has 0 saturated carbocycles. The second-order valence-electron chi connectivity index (χ2n) is 6.44. The fraction of sp³-hybridized carbons (Fsp3) is 0.158. The van der Waals surface area contributed by atoms with Crippen LogP contribution in [-0.2, 0) is 4.79 Å². The number of anilines is 1. The lowest BCUT2D eigenvalue weighted by Crippen LogP contribution is -2.34. The summed E-state index contributed by atoms with van der Waals surface area (Å²) in [4.78, 5) is 50.3. The molecule has 0 aromatic heterocycles. The van der Waals surface area contributed by atoms with E-state index in [1.165, 1.54) is 12.1 Å². The highest BCUT2D eigenvalue weighted by Gasteiger charge is 2.37. The van der Waals surface area contributed by atoms with Gasteiger partial charge in [-0.2, -0.15) is 0 Å². The lowest BCUT2D eigenvalue weighted by molar-refractivity contribution is -0.116. The van der Waals surface area contributed by atoms with E-state index in [-0.39, 0.29) is 33.0 Å². The summed E-state index contributed by atoms with van der Waals surface area (Å²) in [5.41, 5.74) is 1.95. The van der Waals surface area contributed by atoms with E-state index >= 15 is 0 Å². The van der Waals surface area contributed by atoms with Crippen LogP contribution in [0.15, 0.2) is 30.3 Å². The van der Waals surface area contributed by atoms with Crippen LogP contribution in [-0.4, -0.2) is 34.9 Å². The van der Waals surface area contributed by atoms with E-state index in [4.69, 9.17) is 23.2 Å². The van der Waals surface area contributed by atoms with Crippen molar-refractivity contribution in [1.29, 1.82) is 0 Å². The van der Waals surface area contributed by atoms with Gasteiger partial charge in [0.1, 0.15) is 0 Å². The molecule has 0 spiro atoms. The summed E-state index contributed by atoms with van der Waals surface area (Å²) in [5, 5.41) is 3.05. The number of hydrogen-bond acceptors (Lipinski definition) is 4. The molecule has 2 heterocycles. The first kappa shape index (κ1) is 17.7. The van der Waals surface area contributed by atoms with Gasteiger partial charge in [-0.25, -0.2) is 0 Å². The van der Waals surface area contributed by atoms with Crippen molar-refractivity contribution < 1.29 is 19.2 Å². The number of nitrogens with one attached hydrogen (secondary N) is 1. The van der Waals surface area contributed by atoms with Crippen molar-refractivity contribution in [3.8, 4) is 0 Å². The molecule has 1 N–H and O–H groups in total. The number of imide groups is 1. The molecule has 136 valence electrons. The van der Waals surface area contributed by atoms with Crippen molar-refractivity contribution in [1.82, 2.24) is 4.90 Å². The molecule has 0 bridgehead atoms. The molecule has 2 aromatic carbocycles. The minimum atomic E-state index is -0.590. The highest BCUT2D eigenvalue weighted by Crippen LogP contribution is 2.34. The Balaban J connectivity index is 1.60. The average molecular weight is 403 g/mol. The first-order chi connectivity index (χ1) is 12.8. The van der Waals surface area contributed by atoms with Crippen LogP contribution in [0.25, 0.3) is 0 Å². The summed E-state index contributed by atoms with van der Waals surface area (Å²) in [7, 11) is 0. The number of carbonyl (C=O) groups is 4. The smallest absolute Gasteiger partial charge is 0.262 e. The van der Waals surface area contributed by atoms with Gasteiger partial charge in [-0.05, 0) is 42.8 Å². The van der Waals surface area contributed by atoms with Crippen LogP contribution in [0.3, 0.4) is 0 Å². The maximum Gasteiger partial charge on any atom is 0.262 e. The number of Topliss-reactive ketones (excluding diaryl/α,β-unsaturated/α-hetero) is 1. The van der Waals surface area contributed by atoms with Crippen LogP contribution in [0.4, 0.5) is 5.69 Å². The maximum absolute atomic E-state index is 12.7. The topological polar surface area (TPSA) is 83.6 Å². The predicted octanol–water partition coefficient (Wildman–Crippen LogP) is 3.53. The number of rotatable bonds is 3. The van der Waals surface area contributed by atoms with Crippen molar-refractivity contribution in [3.63, 3.8) is 0 Å². The van der Waals surface area contributed by atoms with Crippen LogP contribution >= 0.6 is 23.2 Å². The standard InChI is InChI=1S/C19H12Cl2N2O4/c1-8-10-4-9(2-3-15(10)22-17(8)25)16(24)7-23-18(26)11-5-13(20)14(21)6-12(11)19(23)27/h2-6,8H,7H2,1H3,(H,22,25)/t8-/m1/s1. The molecular formula is C19H12Cl2N2O4. The molecule has 0 unspecified atom stereocenters. The Morgan fingerprint density at radius 1 is 1.04 bits per heavy atom. The van der Waals surface area contributed by atoms with E-state index in [9.17, 15) is 19.2 Å². The van der Waals surface area contributed by atoms with Gasteiger partial charge in [-0.1, -0.05) is 23.2 Å². The summed E-state index contributed by atoms with van der Waals surface area (Å²) in [6, 6.07) is 7.49. The fourth-order valence-corrected chi connectivity index (χ4v) is 3.58. The van der Waals surface area contributed by atoms with E-state index in [1.54, 1.807) is 25.1 Å². The Bertz CT molecular complexity index is 1020. The monoisotopic (exact) mass is 402 g/mol. The molecule has 27 heavy (non-hydrogen) atoms. The fourth-order valence-electron chi connectivity index (χ4n) is 3.25. The zero-order valence-electron chi connectivity index (χ0n) is 14.0. The number of carbonyl (C=O) groups excluding carboxylic acids is 4. The van der Waals surface area contributed by atoms with Gasteiger partial charge in [0.25, 0.3) is 11.8 Å². The Morgan fingerprint density at radius 2 is 1.63 bits per heavy atom. The Kier molecular flexibility index (Phi) is 4.05. The highest BCUT2D eigenvalue weighted by molar-refractivity contribution is 6.43. The number of amides is 3. The number of ketones is 1. The molecule has 1 atom stereocenters. The molecule has 4 rings (SSSR count). The van der Waals surface area contributed by atoms with Crippen molar-refractivity contribution in [3.05, 3.63) is 62.6 Å². The molecule has 0 radical (unpaired) electrons. The van der Waals surface area contributed by atoms with E-state index in [0.717, 1.165) is 4.90 Å². The normalized spacial score (nSPS) is 17.8. The first-order valence-corrected chi connectivity index (χ1v) is 8.86. The van der Waals surface area contributed by atoms with Crippen molar-refractivity contribution >= 4 is 52.4 Å². The molecule has 8 heteroatoms. The van der Waals surface area contributed by atoms with Crippen LogP contribution in [0, 0.1) is 0 Å². The molecule has 3 amide bonds. The van der Waals surface area contributed by atoms with E-state index in [1.807, 2.05) is 0 Å². The van der Waals surface area contributed by atoms with Gasteiger partial charge in [0, 0.05) is 11.3 Å². The van der Waals surface area contributed by atoms with Gasteiger partial charge in [-0.15, -0.1) is 0 Å². The third-order valence-corrected chi connectivity index (χ3v) is 5.53. The maximum atomic E-state index is 12.7. The quantitative estimate of drug-likeness (QED) is 0.628. The van der Waals surface area contributed by atoms with Gasteiger partial charge in [0.2, 0.25) is 5.91 Å². The number of fused-ring (bicyclic) bond motifs is 2. The Labute approximate surface area is 164 Å². The highest BCUT2D eigenvalue weighted by atomic mass is 35.5. The van der Waals surface area contributed by atoms with Crippen LogP contribution in [0.1, 0.15) is 49.5 Å². The first-order valence-electron chi connectivity index (χ1n) is 8.11. The van der Waals surface area contributed by atoms with Crippen molar-refractivity contribution in [2.45, 2.75) is 12.8 Å².